The average molecular weight is 262 g/mol. The van der Waals surface area contributed by atoms with Crippen LogP contribution in [0.4, 0.5) is 0 Å². The summed E-state index contributed by atoms with van der Waals surface area (Å²) in [6, 6.07) is 1.09. The van der Waals surface area contributed by atoms with Crippen LogP contribution in [0.5, 0.6) is 0 Å². The van der Waals surface area contributed by atoms with Crippen LogP contribution >= 0.6 is 0 Å². The number of hydrogen-bond donors (Lipinski definition) is 3. The molecule has 3 N–H and O–H groups in total. The summed E-state index contributed by atoms with van der Waals surface area (Å²) in [7, 11) is -3.76. The number of aromatic carboxylic acids is 1. The molecule has 0 spiro atoms. The van der Waals surface area contributed by atoms with Crippen molar-refractivity contribution in [1.82, 2.24) is 9.29 Å². The van der Waals surface area contributed by atoms with E-state index in [-0.39, 0.29) is 23.7 Å². The summed E-state index contributed by atoms with van der Waals surface area (Å²) < 4.78 is 26.8. The third-order valence-corrected chi connectivity index (χ3v) is 3.57. The maximum atomic E-state index is 11.7. The maximum Gasteiger partial charge on any atom is 0.352 e. The van der Waals surface area contributed by atoms with Gasteiger partial charge in [0.15, 0.2) is 0 Å². The first-order valence-electron chi connectivity index (χ1n) is 4.96. The van der Waals surface area contributed by atoms with E-state index in [1.54, 1.807) is 6.92 Å². The van der Waals surface area contributed by atoms with Gasteiger partial charge in [-0.2, -0.15) is 0 Å². The number of hydrogen-bond acceptors (Lipinski definition) is 4. The molecule has 0 bridgehead atoms. The van der Waals surface area contributed by atoms with Crippen LogP contribution in [-0.4, -0.2) is 42.3 Å². The van der Waals surface area contributed by atoms with Crippen molar-refractivity contribution in [1.29, 1.82) is 0 Å². The fourth-order valence-electron chi connectivity index (χ4n) is 1.33. The monoisotopic (exact) mass is 262 g/mol. The Morgan fingerprint density at radius 3 is 2.59 bits per heavy atom. The van der Waals surface area contributed by atoms with Crippen molar-refractivity contribution in [3.05, 3.63) is 18.0 Å². The van der Waals surface area contributed by atoms with Gasteiger partial charge in [-0.15, -0.1) is 0 Å². The summed E-state index contributed by atoms with van der Waals surface area (Å²) in [6.45, 7) is 1.64. The second-order valence-corrected chi connectivity index (χ2v) is 5.04. The lowest BCUT2D eigenvalue weighted by molar-refractivity contribution is 0.0685. The molecule has 0 unspecified atom stereocenters. The molecule has 1 aromatic heterocycles. The van der Waals surface area contributed by atoms with Gasteiger partial charge in [-0.05, 0) is 13.0 Å². The fourth-order valence-corrected chi connectivity index (χ4v) is 2.39. The van der Waals surface area contributed by atoms with Crippen LogP contribution in [0.2, 0.25) is 0 Å². The molecule has 1 aromatic rings. The topological polar surface area (TPSA) is 109 Å². The molecule has 96 valence electrons. The van der Waals surface area contributed by atoms with Crippen molar-refractivity contribution >= 4 is 16.0 Å². The summed E-state index contributed by atoms with van der Waals surface area (Å²) in [4.78, 5) is 10.7. The number of aryl methyl sites for hydroxylation is 1. The molecule has 17 heavy (non-hydrogen) atoms. The van der Waals surface area contributed by atoms with Crippen molar-refractivity contribution in [3.63, 3.8) is 0 Å². The van der Waals surface area contributed by atoms with Crippen molar-refractivity contribution in [2.45, 2.75) is 18.4 Å². The van der Waals surface area contributed by atoms with Gasteiger partial charge in [-0.25, -0.2) is 17.9 Å². The molecule has 0 atom stereocenters. The molecule has 0 amide bonds. The number of nitrogens with one attached hydrogen (secondary N) is 1. The second-order valence-electron chi connectivity index (χ2n) is 3.27. The van der Waals surface area contributed by atoms with Crippen molar-refractivity contribution in [2.24, 2.45) is 0 Å². The highest BCUT2D eigenvalue weighted by atomic mass is 32.2. The number of rotatable bonds is 6. The number of nitrogens with zero attached hydrogens (tertiary/aromatic N) is 1. The Bertz CT molecular complexity index is 505. The predicted octanol–water partition coefficient (Wildman–Crippen LogP) is -0.523. The molecule has 1 rings (SSSR count). The number of aromatic nitrogens is 1. The SMILES string of the molecule is CCn1cc(S(=O)(=O)NCCO)cc1C(=O)O. The Balaban J connectivity index is 3.11. The molecular weight excluding hydrogens is 248 g/mol. The Labute approximate surface area is 98.7 Å². The van der Waals surface area contributed by atoms with Crippen molar-refractivity contribution < 1.29 is 23.4 Å². The van der Waals surface area contributed by atoms with Crippen LogP contribution in [0.15, 0.2) is 17.2 Å². The van der Waals surface area contributed by atoms with E-state index < -0.39 is 16.0 Å². The van der Waals surface area contributed by atoms with Gasteiger partial charge in [0.1, 0.15) is 10.6 Å². The molecule has 0 aliphatic heterocycles. The van der Waals surface area contributed by atoms with Gasteiger partial charge in [0.25, 0.3) is 0 Å². The van der Waals surface area contributed by atoms with Crippen LogP contribution in [0.25, 0.3) is 0 Å². The van der Waals surface area contributed by atoms with Gasteiger partial charge in [-0.3, -0.25) is 0 Å². The molecule has 0 aliphatic rings. The first-order valence-corrected chi connectivity index (χ1v) is 6.44. The second kappa shape index (κ2) is 5.30. The summed E-state index contributed by atoms with van der Waals surface area (Å²) >= 11 is 0. The van der Waals surface area contributed by atoms with Gasteiger partial charge in [0.2, 0.25) is 10.0 Å². The first kappa shape index (κ1) is 13.7. The third kappa shape index (κ3) is 3.05. The van der Waals surface area contributed by atoms with Crippen LogP contribution in [0.3, 0.4) is 0 Å². The van der Waals surface area contributed by atoms with Crippen molar-refractivity contribution in [3.8, 4) is 0 Å². The minimum Gasteiger partial charge on any atom is -0.477 e. The van der Waals surface area contributed by atoms with E-state index in [2.05, 4.69) is 4.72 Å². The molecule has 0 aromatic carbocycles. The van der Waals surface area contributed by atoms with Crippen LogP contribution in [-0.2, 0) is 16.6 Å². The van der Waals surface area contributed by atoms with Gasteiger partial charge >= 0.3 is 5.97 Å². The fraction of sp³-hybridized carbons (Fsp3) is 0.444. The molecule has 7 nitrogen and oxygen atoms in total. The smallest absolute Gasteiger partial charge is 0.352 e. The minimum atomic E-state index is -3.76. The lowest BCUT2D eigenvalue weighted by atomic mass is 10.4. The largest absolute Gasteiger partial charge is 0.477 e. The van der Waals surface area contributed by atoms with E-state index in [1.165, 1.54) is 10.8 Å². The molecule has 1 heterocycles. The molecule has 8 heteroatoms. The molecule has 0 fully saturated rings. The zero-order valence-corrected chi connectivity index (χ0v) is 10.1. The van der Waals surface area contributed by atoms with E-state index >= 15 is 0 Å². The zero-order chi connectivity index (χ0) is 13.1. The summed E-state index contributed by atoms with van der Waals surface area (Å²) in [5.74, 6) is -1.18. The lowest BCUT2D eigenvalue weighted by Gasteiger charge is -2.02. The van der Waals surface area contributed by atoms with Crippen molar-refractivity contribution in [2.75, 3.05) is 13.2 Å². The number of sulfonamides is 1. The highest BCUT2D eigenvalue weighted by molar-refractivity contribution is 7.89. The number of aliphatic hydroxyl groups excluding tert-OH is 1. The number of carboxylic acid groups (broad SMARTS) is 1. The Kier molecular flexibility index (Phi) is 4.27. The van der Waals surface area contributed by atoms with Gasteiger partial charge in [-0.1, -0.05) is 0 Å². The van der Waals surface area contributed by atoms with Crippen LogP contribution < -0.4 is 4.72 Å². The van der Waals surface area contributed by atoms with E-state index in [1.807, 2.05) is 0 Å². The molecule has 0 aliphatic carbocycles. The van der Waals surface area contributed by atoms with E-state index in [0.717, 1.165) is 6.07 Å². The number of carboxylic acids is 1. The molecule has 0 radical (unpaired) electrons. The van der Waals surface area contributed by atoms with E-state index in [4.69, 9.17) is 10.2 Å². The number of aliphatic hydroxyl groups is 1. The highest BCUT2D eigenvalue weighted by Gasteiger charge is 2.20. The summed E-state index contributed by atoms with van der Waals surface area (Å²) in [5, 5.41) is 17.4. The highest BCUT2D eigenvalue weighted by Crippen LogP contribution is 2.14. The number of carbonyl (C=O) groups is 1. The summed E-state index contributed by atoms with van der Waals surface area (Å²) in [6.07, 6.45) is 1.25. The first-order chi connectivity index (χ1) is 7.92. The normalized spacial score (nSPS) is 11.6. The summed E-state index contributed by atoms with van der Waals surface area (Å²) in [5.41, 5.74) is -0.0862. The quantitative estimate of drug-likeness (QED) is 0.639. The average Bonchev–Trinajstić information content (AvgIpc) is 2.71. The van der Waals surface area contributed by atoms with E-state index in [0.29, 0.717) is 6.54 Å². The van der Waals surface area contributed by atoms with Gasteiger partial charge in [0.05, 0.1) is 6.61 Å². The molecular formula is C9H14N2O5S. The Hall–Kier alpha value is -1.38. The predicted molar refractivity (Wildman–Crippen MR) is 59.3 cm³/mol. The van der Waals surface area contributed by atoms with E-state index in [9.17, 15) is 13.2 Å². The minimum absolute atomic E-state index is 0.0862. The van der Waals surface area contributed by atoms with Crippen LogP contribution in [0, 0.1) is 0 Å². The zero-order valence-electron chi connectivity index (χ0n) is 9.25. The lowest BCUT2D eigenvalue weighted by Crippen LogP contribution is -2.26. The third-order valence-electron chi connectivity index (χ3n) is 2.15. The Morgan fingerprint density at radius 1 is 1.53 bits per heavy atom. The van der Waals surface area contributed by atoms with Crippen LogP contribution in [0.1, 0.15) is 17.4 Å². The van der Waals surface area contributed by atoms with Gasteiger partial charge < -0.3 is 14.8 Å². The van der Waals surface area contributed by atoms with Gasteiger partial charge in [0, 0.05) is 19.3 Å². The standard InChI is InChI=1S/C9H14N2O5S/c1-2-11-6-7(5-8(11)9(13)14)17(15,16)10-3-4-12/h5-6,10,12H,2-4H2,1H3,(H,13,14). The maximum absolute atomic E-state index is 11.7. The molecule has 0 saturated heterocycles. The Morgan fingerprint density at radius 2 is 2.18 bits per heavy atom. The molecule has 0 saturated carbocycles.